The third kappa shape index (κ3) is 2.81. The molecule has 0 amide bonds. The Morgan fingerprint density at radius 3 is 2.65 bits per heavy atom. The second-order valence-electron chi connectivity index (χ2n) is 6.07. The minimum absolute atomic E-state index is 0.0866. The predicted molar refractivity (Wildman–Crippen MR) is 73.6 cm³/mol. The van der Waals surface area contributed by atoms with Gasteiger partial charge in [-0.25, -0.2) is 14.8 Å². The Balaban J connectivity index is 2.55. The fraction of sp³-hybridized carbons (Fsp3) is 0.643. The summed E-state index contributed by atoms with van der Waals surface area (Å²) >= 11 is 0. The number of ether oxygens (including phenoxy) is 1. The van der Waals surface area contributed by atoms with Crippen LogP contribution in [0.25, 0.3) is 0 Å². The van der Waals surface area contributed by atoms with Crippen molar-refractivity contribution < 1.29 is 14.6 Å². The van der Waals surface area contributed by atoms with E-state index in [-0.39, 0.29) is 17.2 Å². The second kappa shape index (κ2) is 5.46. The van der Waals surface area contributed by atoms with Gasteiger partial charge in [-0.3, -0.25) is 0 Å². The number of carboxylic acid groups (broad SMARTS) is 1. The minimum atomic E-state index is -1.02. The number of rotatable bonds is 3. The molecule has 0 saturated heterocycles. The predicted octanol–water partition coefficient (Wildman–Crippen LogP) is 1.55. The molecule has 2 N–H and O–H groups in total. The van der Waals surface area contributed by atoms with Gasteiger partial charge in [0.25, 0.3) is 0 Å². The number of aromatic nitrogens is 2. The van der Waals surface area contributed by atoms with E-state index in [1.807, 2.05) is 20.8 Å². The molecule has 6 nitrogen and oxygen atoms in total. The number of nitrogens with one attached hydrogen (secondary N) is 1. The monoisotopic (exact) mass is 279 g/mol. The quantitative estimate of drug-likeness (QED) is 0.873. The first-order chi connectivity index (χ1) is 9.34. The summed E-state index contributed by atoms with van der Waals surface area (Å²) in [7, 11) is 1.60. The lowest BCUT2D eigenvalue weighted by atomic mass is 9.88. The van der Waals surface area contributed by atoms with Gasteiger partial charge in [-0.15, -0.1) is 0 Å². The second-order valence-corrected chi connectivity index (χ2v) is 6.07. The van der Waals surface area contributed by atoms with Crippen molar-refractivity contribution in [2.24, 2.45) is 5.41 Å². The average molecular weight is 279 g/mol. The Kier molecular flexibility index (Phi) is 4.06. The highest BCUT2D eigenvalue weighted by molar-refractivity contribution is 5.87. The van der Waals surface area contributed by atoms with Gasteiger partial charge in [0.1, 0.15) is 6.10 Å². The normalized spacial score (nSPS) is 16.6. The Bertz CT molecular complexity index is 523. The van der Waals surface area contributed by atoms with Gasteiger partial charge in [0.2, 0.25) is 0 Å². The number of carbonyl (C=O) groups is 1. The van der Waals surface area contributed by atoms with Crippen molar-refractivity contribution in [3.63, 3.8) is 0 Å². The molecule has 0 spiro atoms. The molecule has 6 heteroatoms. The van der Waals surface area contributed by atoms with E-state index in [9.17, 15) is 9.90 Å². The van der Waals surface area contributed by atoms with Crippen LogP contribution in [0.5, 0.6) is 0 Å². The van der Waals surface area contributed by atoms with Crippen molar-refractivity contribution in [1.29, 1.82) is 0 Å². The van der Waals surface area contributed by atoms with Crippen LogP contribution in [0.2, 0.25) is 0 Å². The molecule has 2 heterocycles. The maximum absolute atomic E-state index is 11.4. The van der Waals surface area contributed by atoms with Crippen LogP contribution in [-0.2, 0) is 17.7 Å². The van der Waals surface area contributed by atoms with Crippen LogP contribution in [0.3, 0.4) is 0 Å². The molecule has 20 heavy (non-hydrogen) atoms. The zero-order valence-electron chi connectivity index (χ0n) is 12.4. The molecule has 1 aliphatic heterocycles. The minimum Gasteiger partial charge on any atom is -0.476 e. The van der Waals surface area contributed by atoms with Crippen molar-refractivity contribution in [2.45, 2.75) is 39.8 Å². The van der Waals surface area contributed by atoms with Crippen LogP contribution in [-0.4, -0.2) is 34.7 Å². The van der Waals surface area contributed by atoms with E-state index in [2.05, 4.69) is 15.3 Å². The van der Waals surface area contributed by atoms with Crippen LogP contribution in [0, 0.1) is 5.41 Å². The largest absolute Gasteiger partial charge is 0.476 e. The third-order valence-electron chi connectivity index (χ3n) is 3.41. The lowest BCUT2D eigenvalue weighted by molar-refractivity contribution is 0.00815. The summed E-state index contributed by atoms with van der Waals surface area (Å²) in [5.74, 6) is -0.560. The van der Waals surface area contributed by atoms with Crippen LogP contribution in [0.4, 0.5) is 0 Å². The number of hydrogen-bond acceptors (Lipinski definition) is 5. The molecule has 1 aliphatic rings. The van der Waals surface area contributed by atoms with Crippen LogP contribution in [0.15, 0.2) is 0 Å². The summed E-state index contributed by atoms with van der Waals surface area (Å²) in [6, 6.07) is 0. The van der Waals surface area contributed by atoms with Gasteiger partial charge in [-0.05, 0) is 5.41 Å². The molecular weight excluding hydrogens is 258 g/mol. The highest BCUT2D eigenvalue weighted by Crippen LogP contribution is 2.34. The van der Waals surface area contributed by atoms with E-state index >= 15 is 0 Å². The van der Waals surface area contributed by atoms with Gasteiger partial charge >= 0.3 is 5.97 Å². The van der Waals surface area contributed by atoms with Crippen molar-refractivity contribution >= 4 is 5.97 Å². The topological polar surface area (TPSA) is 84.3 Å². The standard InChI is InChI=1S/C14H21N3O3/c1-14(2,3)11(20-4)12-16-9-5-6-15-7-8(9)10(17-12)13(18)19/h11,15H,5-7H2,1-4H3,(H,18,19). The lowest BCUT2D eigenvalue weighted by Gasteiger charge is -2.29. The smallest absolute Gasteiger partial charge is 0.354 e. The van der Waals surface area contributed by atoms with E-state index in [4.69, 9.17) is 4.74 Å². The molecule has 1 aromatic heterocycles. The average Bonchev–Trinajstić information content (AvgIpc) is 2.36. The number of fused-ring (bicyclic) bond motifs is 1. The van der Waals surface area contributed by atoms with Crippen LogP contribution >= 0.6 is 0 Å². The van der Waals surface area contributed by atoms with Gasteiger partial charge in [0.15, 0.2) is 11.5 Å². The lowest BCUT2D eigenvalue weighted by Crippen LogP contribution is -2.30. The first kappa shape index (κ1) is 14.9. The zero-order valence-corrected chi connectivity index (χ0v) is 12.4. The Morgan fingerprint density at radius 2 is 2.10 bits per heavy atom. The highest BCUT2D eigenvalue weighted by atomic mass is 16.5. The molecular formula is C14H21N3O3. The van der Waals surface area contributed by atoms with E-state index in [1.165, 1.54) is 0 Å². The van der Waals surface area contributed by atoms with Crippen molar-refractivity contribution in [3.8, 4) is 0 Å². The molecule has 0 aromatic carbocycles. The van der Waals surface area contributed by atoms with E-state index < -0.39 is 5.97 Å². The van der Waals surface area contributed by atoms with E-state index in [1.54, 1.807) is 7.11 Å². The summed E-state index contributed by atoms with van der Waals surface area (Å²) in [6.45, 7) is 7.37. The van der Waals surface area contributed by atoms with Crippen molar-refractivity contribution in [2.75, 3.05) is 13.7 Å². The van der Waals surface area contributed by atoms with Crippen LogP contribution in [0.1, 0.15) is 54.4 Å². The Labute approximate surface area is 118 Å². The molecule has 0 fully saturated rings. The fourth-order valence-electron chi connectivity index (χ4n) is 2.50. The molecule has 1 unspecified atom stereocenters. The summed E-state index contributed by atoms with van der Waals surface area (Å²) in [5, 5.41) is 12.5. The van der Waals surface area contributed by atoms with Gasteiger partial charge in [0, 0.05) is 32.2 Å². The molecule has 2 rings (SSSR count). The number of hydrogen-bond donors (Lipinski definition) is 2. The molecule has 0 aliphatic carbocycles. The molecule has 1 aromatic rings. The highest BCUT2D eigenvalue weighted by Gasteiger charge is 2.31. The summed E-state index contributed by atoms with van der Waals surface area (Å²) in [4.78, 5) is 20.2. The van der Waals surface area contributed by atoms with Crippen molar-refractivity contribution in [3.05, 3.63) is 22.8 Å². The SMILES string of the molecule is COC(c1nc2c(c(C(=O)O)n1)CNCC2)C(C)(C)C. The summed E-state index contributed by atoms with van der Waals surface area (Å²) in [6.07, 6.45) is 0.381. The molecule has 0 radical (unpaired) electrons. The zero-order chi connectivity index (χ0) is 14.9. The van der Waals surface area contributed by atoms with Crippen molar-refractivity contribution in [1.82, 2.24) is 15.3 Å². The third-order valence-corrected chi connectivity index (χ3v) is 3.41. The van der Waals surface area contributed by atoms with Gasteiger partial charge in [-0.1, -0.05) is 20.8 Å². The van der Waals surface area contributed by atoms with E-state index in [0.29, 0.717) is 24.4 Å². The first-order valence-corrected chi connectivity index (χ1v) is 6.71. The number of aromatic carboxylic acids is 1. The van der Waals surface area contributed by atoms with E-state index in [0.717, 1.165) is 12.2 Å². The van der Waals surface area contributed by atoms with Gasteiger partial charge < -0.3 is 15.2 Å². The van der Waals surface area contributed by atoms with Gasteiger partial charge in [-0.2, -0.15) is 0 Å². The molecule has 0 bridgehead atoms. The van der Waals surface area contributed by atoms with Crippen LogP contribution < -0.4 is 5.32 Å². The summed E-state index contributed by atoms with van der Waals surface area (Å²) < 4.78 is 5.49. The first-order valence-electron chi connectivity index (χ1n) is 6.71. The maximum Gasteiger partial charge on any atom is 0.354 e. The molecule has 110 valence electrons. The maximum atomic E-state index is 11.4. The number of carboxylic acids is 1. The number of nitrogens with zero attached hydrogens (tertiary/aromatic N) is 2. The Morgan fingerprint density at radius 1 is 1.40 bits per heavy atom. The molecule has 1 atom stereocenters. The van der Waals surface area contributed by atoms with Gasteiger partial charge in [0.05, 0.1) is 5.69 Å². The molecule has 0 saturated carbocycles. The fourth-order valence-corrected chi connectivity index (χ4v) is 2.50. The summed E-state index contributed by atoms with van der Waals surface area (Å²) in [5.41, 5.74) is 1.39. The number of methoxy groups -OCH3 is 1. The Hall–Kier alpha value is -1.53.